The molecule has 2 fully saturated rings. The Balaban J connectivity index is 1.61. The van der Waals surface area contributed by atoms with E-state index in [1.165, 1.54) is 0 Å². The summed E-state index contributed by atoms with van der Waals surface area (Å²) < 4.78 is 5.07. The molecule has 3 rings (SSSR count). The maximum atomic E-state index is 12.9. The zero-order valence-electron chi connectivity index (χ0n) is 15.9. The van der Waals surface area contributed by atoms with Gasteiger partial charge in [0.1, 0.15) is 5.54 Å². The third kappa shape index (κ3) is 3.85. The van der Waals surface area contributed by atoms with Crippen LogP contribution in [0.15, 0.2) is 30.3 Å². The number of rotatable bonds is 6. The van der Waals surface area contributed by atoms with Crippen molar-refractivity contribution in [3.63, 3.8) is 0 Å². The highest BCUT2D eigenvalue weighted by molar-refractivity contribution is 6.08. The van der Waals surface area contributed by atoms with Crippen molar-refractivity contribution in [3.05, 3.63) is 35.9 Å². The number of hydrogen-bond donors (Lipinski definition) is 2. The van der Waals surface area contributed by atoms with Crippen molar-refractivity contribution in [1.82, 2.24) is 15.8 Å². The van der Waals surface area contributed by atoms with Gasteiger partial charge in [0.15, 0.2) is 6.61 Å². The molecule has 2 N–H and O–H groups in total. The summed E-state index contributed by atoms with van der Waals surface area (Å²) in [7, 11) is 0. The van der Waals surface area contributed by atoms with E-state index in [0.717, 1.165) is 32.1 Å². The van der Waals surface area contributed by atoms with Crippen LogP contribution in [0, 0.1) is 5.92 Å². The SMILES string of the molecule is CC[C@@]1(c2ccccc2)NC(=O)N(NC(=O)COC(=O)C2CCCCC2)C1=O. The van der Waals surface area contributed by atoms with Gasteiger partial charge in [-0.15, -0.1) is 0 Å². The second kappa shape index (κ2) is 8.41. The number of urea groups is 1. The highest BCUT2D eigenvalue weighted by atomic mass is 16.5. The first-order valence-electron chi connectivity index (χ1n) is 9.66. The fourth-order valence-electron chi connectivity index (χ4n) is 3.79. The number of esters is 1. The van der Waals surface area contributed by atoms with Gasteiger partial charge in [-0.05, 0) is 24.8 Å². The molecule has 0 unspecified atom stereocenters. The molecule has 0 radical (unpaired) electrons. The molecule has 0 bridgehead atoms. The van der Waals surface area contributed by atoms with Crippen molar-refractivity contribution >= 4 is 23.8 Å². The van der Waals surface area contributed by atoms with E-state index in [2.05, 4.69) is 10.7 Å². The minimum atomic E-state index is -1.23. The van der Waals surface area contributed by atoms with Gasteiger partial charge in [-0.1, -0.05) is 56.5 Å². The van der Waals surface area contributed by atoms with E-state index in [-0.39, 0.29) is 5.92 Å². The van der Waals surface area contributed by atoms with Crippen LogP contribution in [0.4, 0.5) is 4.79 Å². The van der Waals surface area contributed by atoms with E-state index in [4.69, 9.17) is 4.74 Å². The summed E-state index contributed by atoms with van der Waals surface area (Å²) in [4.78, 5) is 49.4. The Morgan fingerprint density at radius 3 is 2.50 bits per heavy atom. The van der Waals surface area contributed by atoms with Crippen LogP contribution in [-0.4, -0.2) is 35.4 Å². The predicted molar refractivity (Wildman–Crippen MR) is 99.5 cm³/mol. The Hall–Kier alpha value is -2.90. The smallest absolute Gasteiger partial charge is 0.344 e. The van der Waals surface area contributed by atoms with Crippen LogP contribution in [-0.2, 0) is 24.7 Å². The van der Waals surface area contributed by atoms with Gasteiger partial charge in [-0.3, -0.25) is 19.8 Å². The number of benzene rings is 1. The average Bonchev–Trinajstić information content (AvgIpc) is 2.98. The molecule has 1 saturated carbocycles. The maximum absolute atomic E-state index is 12.9. The molecule has 1 atom stereocenters. The lowest BCUT2D eigenvalue weighted by Crippen LogP contribution is -2.49. The number of hydrogen-bond acceptors (Lipinski definition) is 5. The molecule has 1 aromatic rings. The number of imide groups is 1. The van der Waals surface area contributed by atoms with Gasteiger partial charge in [0.25, 0.3) is 11.8 Å². The average molecular weight is 387 g/mol. The van der Waals surface area contributed by atoms with Gasteiger partial charge in [0, 0.05) is 0 Å². The molecule has 0 aromatic heterocycles. The van der Waals surface area contributed by atoms with Crippen molar-refractivity contribution in [3.8, 4) is 0 Å². The first-order valence-corrected chi connectivity index (χ1v) is 9.66. The first kappa shape index (κ1) is 19.9. The molecule has 1 aliphatic heterocycles. The summed E-state index contributed by atoms with van der Waals surface area (Å²) in [6, 6.07) is 8.14. The van der Waals surface area contributed by atoms with E-state index in [1.807, 2.05) is 6.07 Å². The minimum Gasteiger partial charge on any atom is -0.455 e. The van der Waals surface area contributed by atoms with Crippen LogP contribution in [0.1, 0.15) is 51.0 Å². The van der Waals surface area contributed by atoms with Crippen LogP contribution in [0.25, 0.3) is 0 Å². The molecule has 4 amide bonds. The van der Waals surface area contributed by atoms with Gasteiger partial charge in [0.2, 0.25) is 0 Å². The standard InChI is InChI=1S/C20H25N3O5/c1-2-20(15-11-7-4-8-12-15)18(26)23(19(27)21-20)22-16(24)13-28-17(25)14-9-5-3-6-10-14/h4,7-8,11-12,14H,2-3,5-6,9-10,13H2,1H3,(H,21,27)(H,22,24)/t20-/m0/s1. The van der Waals surface area contributed by atoms with Gasteiger partial charge < -0.3 is 10.1 Å². The molecule has 8 heteroatoms. The number of carbonyl (C=O) groups is 4. The summed E-state index contributed by atoms with van der Waals surface area (Å²) >= 11 is 0. The Kier molecular flexibility index (Phi) is 5.96. The predicted octanol–water partition coefficient (Wildman–Crippen LogP) is 2.00. The van der Waals surface area contributed by atoms with E-state index < -0.39 is 36.0 Å². The van der Waals surface area contributed by atoms with Crippen LogP contribution in [0.3, 0.4) is 0 Å². The van der Waals surface area contributed by atoms with Crippen LogP contribution < -0.4 is 10.7 Å². The number of carbonyl (C=O) groups excluding carboxylic acids is 4. The summed E-state index contributed by atoms with van der Waals surface area (Å²) in [6.45, 7) is 1.25. The number of hydrazine groups is 1. The van der Waals surface area contributed by atoms with E-state index in [0.29, 0.717) is 17.0 Å². The van der Waals surface area contributed by atoms with Crippen molar-refractivity contribution in [2.45, 2.75) is 51.0 Å². The van der Waals surface area contributed by atoms with Crippen molar-refractivity contribution in [2.24, 2.45) is 5.92 Å². The van der Waals surface area contributed by atoms with Crippen molar-refractivity contribution in [2.75, 3.05) is 6.61 Å². The number of nitrogens with zero attached hydrogens (tertiary/aromatic N) is 1. The quantitative estimate of drug-likeness (QED) is 0.574. The van der Waals surface area contributed by atoms with E-state index in [9.17, 15) is 19.2 Å². The fraction of sp³-hybridized carbons (Fsp3) is 0.500. The Labute approximate surface area is 163 Å². The van der Waals surface area contributed by atoms with Crippen molar-refractivity contribution in [1.29, 1.82) is 0 Å². The monoisotopic (exact) mass is 387 g/mol. The largest absolute Gasteiger partial charge is 0.455 e. The normalized spacial score (nSPS) is 22.7. The molecule has 1 heterocycles. The van der Waals surface area contributed by atoms with Gasteiger partial charge in [0.05, 0.1) is 5.92 Å². The molecular weight excluding hydrogens is 362 g/mol. The lowest BCUT2D eigenvalue weighted by Gasteiger charge is -2.25. The number of amides is 4. The Morgan fingerprint density at radius 2 is 1.86 bits per heavy atom. The summed E-state index contributed by atoms with van der Waals surface area (Å²) in [6.07, 6.45) is 4.93. The van der Waals surface area contributed by atoms with Crippen LogP contribution in [0.2, 0.25) is 0 Å². The molecule has 28 heavy (non-hydrogen) atoms. The van der Waals surface area contributed by atoms with Crippen LogP contribution >= 0.6 is 0 Å². The Bertz CT molecular complexity index is 760. The molecule has 2 aliphatic rings. The summed E-state index contributed by atoms with van der Waals surface area (Å²) in [5, 5.41) is 3.33. The van der Waals surface area contributed by atoms with Crippen molar-refractivity contribution < 1.29 is 23.9 Å². The third-order valence-electron chi connectivity index (χ3n) is 5.41. The van der Waals surface area contributed by atoms with Gasteiger partial charge in [-0.2, -0.15) is 5.01 Å². The topological polar surface area (TPSA) is 105 Å². The third-order valence-corrected chi connectivity index (χ3v) is 5.41. The lowest BCUT2D eigenvalue weighted by atomic mass is 9.87. The molecular formula is C20H25N3O5. The minimum absolute atomic E-state index is 0.177. The van der Waals surface area contributed by atoms with E-state index in [1.54, 1.807) is 31.2 Å². The van der Waals surface area contributed by atoms with Crippen LogP contribution in [0.5, 0.6) is 0 Å². The highest BCUT2D eigenvalue weighted by Gasteiger charge is 2.52. The van der Waals surface area contributed by atoms with Gasteiger partial charge >= 0.3 is 12.0 Å². The molecule has 8 nitrogen and oxygen atoms in total. The molecule has 1 saturated heterocycles. The molecule has 1 aromatic carbocycles. The lowest BCUT2D eigenvalue weighted by molar-refractivity contribution is -0.155. The first-order chi connectivity index (χ1) is 13.5. The molecule has 0 spiro atoms. The fourth-order valence-corrected chi connectivity index (χ4v) is 3.79. The number of ether oxygens (including phenoxy) is 1. The van der Waals surface area contributed by atoms with E-state index >= 15 is 0 Å². The number of nitrogens with one attached hydrogen (secondary N) is 2. The molecule has 150 valence electrons. The zero-order valence-corrected chi connectivity index (χ0v) is 15.9. The zero-order chi connectivity index (χ0) is 20.1. The second-order valence-corrected chi connectivity index (χ2v) is 7.17. The second-order valence-electron chi connectivity index (χ2n) is 7.17. The Morgan fingerprint density at radius 1 is 1.18 bits per heavy atom. The maximum Gasteiger partial charge on any atom is 0.344 e. The van der Waals surface area contributed by atoms with Gasteiger partial charge in [-0.25, -0.2) is 4.79 Å². The molecule has 1 aliphatic carbocycles. The highest BCUT2D eigenvalue weighted by Crippen LogP contribution is 2.31. The summed E-state index contributed by atoms with van der Waals surface area (Å²) in [5.41, 5.74) is 1.65. The summed E-state index contributed by atoms with van der Waals surface area (Å²) in [5.74, 6) is -1.88.